The Balaban J connectivity index is 1.79. The van der Waals surface area contributed by atoms with Crippen LogP contribution in [0.2, 0.25) is 0 Å². The molecular formula is C16H17N3OS. The molecule has 3 rings (SSSR count). The second-order valence-electron chi connectivity index (χ2n) is 4.91. The van der Waals surface area contributed by atoms with Gasteiger partial charge in [0.15, 0.2) is 0 Å². The van der Waals surface area contributed by atoms with Crippen LogP contribution in [-0.2, 0) is 4.79 Å². The van der Waals surface area contributed by atoms with E-state index in [1.807, 2.05) is 59.1 Å². The standard InChI is InChI=1S/C16H17N3OS/c20-16(7-6-13-4-2-1-3-5-13)19(14-9-11-21-12-14)15-8-10-17-18-15/h1-8,10,14H,9,11-12H2,(H,17,18)/b7-6+. The van der Waals surface area contributed by atoms with Crippen LogP contribution in [0.25, 0.3) is 6.08 Å². The molecule has 1 aliphatic rings. The Bertz CT molecular complexity index is 604. The summed E-state index contributed by atoms with van der Waals surface area (Å²) in [6.45, 7) is 0. The number of aromatic amines is 1. The largest absolute Gasteiger partial charge is 0.290 e. The molecule has 1 unspecified atom stereocenters. The lowest BCUT2D eigenvalue weighted by Gasteiger charge is -2.25. The van der Waals surface area contributed by atoms with Crippen molar-refractivity contribution in [2.45, 2.75) is 12.5 Å². The van der Waals surface area contributed by atoms with E-state index >= 15 is 0 Å². The van der Waals surface area contributed by atoms with Crippen LogP contribution >= 0.6 is 11.8 Å². The van der Waals surface area contributed by atoms with E-state index in [1.54, 1.807) is 12.3 Å². The van der Waals surface area contributed by atoms with E-state index in [9.17, 15) is 4.79 Å². The summed E-state index contributed by atoms with van der Waals surface area (Å²) in [6, 6.07) is 11.9. The highest BCUT2D eigenvalue weighted by atomic mass is 32.2. The van der Waals surface area contributed by atoms with Crippen molar-refractivity contribution in [3.05, 3.63) is 54.2 Å². The Morgan fingerprint density at radius 3 is 2.86 bits per heavy atom. The molecule has 1 atom stereocenters. The molecule has 2 aromatic rings. The van der Waals surface area contributed by atoms with E-state index in [0.29, 0.717) is 0 Å². The van der Waals surface area contributed by atoms with Crippen molar-refractivity contribution in [2.24, 2.45) is 0 Å². The predicted molar refractivity (Wildman–Crippen MR) is 87.3 cm³/mol. The first-order valence-electron chi connectivity index (χ1n) is 6.98. The number of rotatable bonds is 4. The summed E-state index contributed by atoms with van der Waals surface area (Å²) in [5.41, 5.74) is 1.02. The maximum atomic E-state index is 12.6. The molecule has 5 heteroatoms. The maximum Gasteiger partial charge on any atom is 0.252 e. The number of benzene rings is 1. The Labute approximate surface area is 128 Å². The molecule has 4 nitrogen and oxygen atoms in total. The molecule has 1 aliphatic heterocycles. The van der Waals surface area contributed by atoms with E-state index < -0.39 is 0 Å². The molecule has 108 valence electrons. The SMILES string of the molecule is O=C(/C=C/c1ccccc1)N(c1ccn[nH]1)C1CCSC1. The van der Waals surface area contributed by atoms with Crippen molar-refractivity contribution >= 4 is 29.6 Å². The number of amides is 1. The van der Waals surface area contributed by atoms with Gasteiger partial charge in [-0.15, -0.1) is 0 Å². The van der Waals surface area contributed by atoms with Crippen LogP contribution in [0.3, 0.4) is 0 Å². The molecule has 1 N–H and O–H groups in total. The van der Waals surface area contributed by atoms with Crippen LogP contribution in [0.4, 0.5) is 5.82 Å². The van der Waals surface area contributed by atoms with E-state index in [1.165, 1.54) is 0 Å². The van der Waals surface area contributed by atoms with Crippen LogP contribution in [0, 0.1) is 0 Å². The summed E-state index contributed by atoms with van der Waals surface area (Å²) >= 11 is 1.89. The Morgan fingerprint density at radius 2 is 2.19 bits per heavy atom. The van der Waals surface area contributed by atoms with Gasteiger partial charge in [-0.1, -0.05) is 30.3 Å². The minimum Gasteiger partial charge on any atom is -0.290 e. The van der Waals surface area contributed by atoms with Crippen LogP contribution in [0.5, 0.6) is 0 Å². The van der Waals surface area contributed by atoms with Gasteiger partial charge in [0.1, 0.15) is 5.82 Å². The zero-order chi connectivity index (χ0) is 14.5. The molecule has 1 fully saturated rings. The van der Waals surface area contributed by atoms with Crippen molar-refractivity contribution < 1.29 is 4.79 Å². The van der Waals surface area contributed by atoms with E-state index in [2.05, 4.69) is 10.2 Å². The first-order chi connectivity index (χ1) is 10.3. The summed E-state index contributed by atoms with van der Waals surface area (Å²) in [7, 11) is 0. The summed E-state index contributed by atoms with van der Waals surface area (Å²) in [4.78, 5) is 14.4. The molecule has 2 heterocycles. The van der Waals surface area contributed by atoms with Gasteiger partial charge >= 0.3 is 0 Å². The minimum absolute atomic E-state index is 0.00407. The Hall–Kier alpha value is -2.01. The topological polar surface area (TPSA) is 49.0 Å². The lowest BCUT2D eigenvalue weighted by molar-refractivity contribution is -0.114. The predicted octanol–water partition coefficient (Wildman–Crippen LogP) is 2.96. The zero-order valence-electron chi connectivity index (χ0n) is 11.6. The first kappa shape index (κ1) is 13.9. The highest BCUT2D eigenvalue weighted by Crippen LogP contribution is 2.26. The normalized spacial score (nSPS) is 18.2. The quantitative estimate of drug-likeness (QED) is 0.883. The number of hydrogen-bond acceptors (Lipinski definition) is 3. The number of H-pyrrole nitrogens is 1. The van der Waals surface area contributed by atoms with Gasteiger partial charge in [-0.2, -0.15) is 16.9 Å². The first-order valence-corrected chi connectivity index (χ1v) is 8.13. The molecule has 0 aliphatic carbocycles. The van der Waals surface area contributed by atoms with Crippen molar-refractivity contribution in [2.75, 3.05) is 16.4 Å². The second kappa shape index (κ2) is 6.63. The zero-order valence-corrected chi connectivity index (χ0v) is 12.4. The monoisotopic (exact) mass is 299 g/mol. The number of nitrogens with one attached hydrogen (secondary N) is 1. The van der Waals surface area contributed by atoms with Gasteiger partial charge in [-0.25, -0.2) is 0 Å². The van der Waals surface area contributed by atoms with Crippen molar-refractivity contribution in [1.82, 2.24) is 10.2 Å². The number of nitrogens with zero attached hydrogens (tertiary/aromatic N) is 2. The molecule has 1 amide bonds. The fourth-order valence-electron chi connectivity index (χ4n) is 2.42. The number of aromatic nitrogens is 2. The van der Waals surface area contributed by atoms with Crippen LogP contribution in [-0.4, -0.2) is 33.7 Å². The van der Waals surface area contributed by atoms with Gasteiger partial charge in [-0.3, -0.25) is 14.8 Å². The lowest BCUT2D eigenvalue weighted by atomic mass is 10.2. The number of carbonyl (C=O) groups is 1. The third-order valence-electron chi connectivity index (χ3n) is 3.47. The molecule has 1 aromatic carbocycles. The molecule has 1 aromatic heterocycles. The second-order valence-corrected chi connectivity index (χ2v) is 6.06. The number of thioether (sulfide) groups is 1. The highest BCUT2D eigenvalue weighted by molar-refractivity contribution is 7.99. The van der Waals surface area contributed by atoms with Crippen LogP contribution < -0.4 is 4.90 Å². The van der Waals surface area contributed by atoms with E-state index in [4.69, 9.17) is 0 Å². The average molecular weight is 299 g/mol. The van der Waals surface area contributed by atoms with Crippen LogP contribution in [0.15, 0.2) is 48.7 Å². The van der Waals surface area contributed by atoms with E-state index in [0.717, 1.165) is 29.3 Å². The van der Waals surface area contributed by atoms with Gasteiger partial charge in [0.2, 0.25) is 0 Å². The summed E-state index contributed by atoms with van der Waals surface area (Å²) in [6.07, 6.45) is 6.19. The molecule has 0 radical (unpaired) electrons. The number of carbonyl (C=O) groups excluding carboxylic acids is 1. The molecule has 1 saturated heterocycles. The van der Waals surface area contributed by atoms with Gasteiger partial charge < -0.3 is 0 Å². The molecule has 0 bridgehead atoms. The fourth-order valence-corrected chi connectivity index (χ4v) is 3.61. The molecule has 0 spiro atoms. The summed E-state index contributed by atoms with van der Waals surface area (Å²) < 4.78 is 0. The fraction of sp³-hybridized carbons (Fsp3) is 0.250. The summed E-state index contributed by atoms with van der Waals surface area (Å²) in [5.74, 6) is 2.84. The van der Waals surface area contributed by atoms with Gasteiger partial charge in [-0.05, 0) is 23.8 Å². The summed E-state index contributed by atoms with van der Waals surface area (Å²) in [5, 5.41) is 6.87. The average Bonchev–Trinajstić information content (AvgIpc) is 3.20. The van der Waals surface area contributed by atoms with Crippen molar-refractivity contribution in [3.8, 4) is 0 Å². The van der Waals surface area contributed by atoms with E-state index in [-0.39, 0.29) is 11.9 Å². The Kier molecular flexibility index (Phi) is 4.40. The van der Waals surface area contributed by atoms with Crippen molar-refractivity contribution in [3.63, 3.8) is 0 Å². The van der Waals surface area contributed by atoms with Gasteiger partial charge in [0.25, 0.3) is 5.91 Å². The third-order valence-corrected chi connectivity index (χ3v) is 4.62. The minimum atomic E-state index is -0.00407. The smallest absolute Gasteiger partial charge is 0.252 e. The molecule has 0 saturated carbocycles. The number of anilines is 1. The maximum absolute atomic E-state index is 12.6. The lowest BCUT2D eigenvalue weighted by Crippen LogP contribution is -2.39. The Morgan fingerprint density at radius 1 is 1.33 bits per heavy atom. The number of hydrogen-bond donors (Lipinski definition) is 1. The van der Waals surface area contributed by atoms with Gasteiger partial charge in [0, 0.05) is 23.9 Å². The van der Waals surface area contributed by atoms with Crippen molar-refractivity contribution in [1.29, 1.82) is 0 Å². The van der Waals surface area contributed by atoms with Crippen LogP contribution in [0.1, 0.15) is 12.0 Å². The molecule has 21 heavy (non-hydrogen) atoms. The van der Waals surface area contributed by atoms with Gasteiger partial charge in [0.05, 0.1) is 6.20 Å². The molecular weight excluding hydrogens is 282 g/mol. The third kappa shape index (κ3) is 3.36. The highest BCUT2D eigenvalue weighted by Gasteiger charge is 2.27.